The molecule has 0 N–H and O–H groups in total. The molecule has 2 aromatic rings. The van der Waals surface area contributed by atoms with E-state index in [-0.39, 0.29) is 11.1 Å². The summed E-state index contributed by atoms with van der Waals surface area (Å²) < 4.78 is 79.2. The van der Waals surface area contributed by atoms with E-state index in [1.165, 1.54) is 0 Å². The first-order chi connectivity index (χ1) is 10.2. The maximum Gasteiger partial charge on any atom is 0.573 e. The molecule has 0 heterocycles. The highest BCUT2D eigenvalue weighted by Gasteiger charge is 2.32. The molecular weight excluding hydrogens is 314 g/mol. The highest BCUT2D eigenvalue weighted by Crippen LogP contribution is 2.31. The van der Waals surface area contributed by atoms with Crippen molar-refractivity contribution in [3.8, 4) is 16.9 Å². The van der Waals surface area contributed by atoms with Gasteiger partial charge in [0.15, 0.2) is 11.6 Å². The van der Waals surface area contributed by atoms with Crippen molar-refractivity contribution >= 4 is 6.04 Å². The van der Waals surface area contributed by atoms with E-state index in [0.29, 0.717) is 18.2 Å². The third-order valence-corrected chi connectivity index (χ3v) is 2.66. The summed E-state index contributed by atoms with van der Waals surface area (Å²) in [6.45, 7) is 0. The molecule has 0 amide bonds. The monoisotopic (exact) mass is 320 g/mol. The summed E-state index contributed by atoms with van der Waals surface area (Å²) >= 11 is 0. The molecule has 0 aliphatic carbocycles. The number of rotatable bonds is 3. The molecule has 0 unspecified atom stereocenters. The topological polar surface area (TPSA) is 26.3 Å². The van der Waals surface area contributed by atoms with Crippen LogP contribution in [0.5, 0.6) is 5.75 Å². The second kappa shape index (κ2) is 5.70. The standard InChI is InChI=1S/C14H6F6O2/c15-10-6-8(13(17)21)1-3-9(10)7-2-4-12(11(16)5-7)22-14(18,19)20/h1-6H. The van der Waals surface area contributed by atoms with Gasteiger partial charge in [0.1, 0.15) is 5.82 Å². The molecule has 0 aliphatic heterocycles. The van der Waals surface area contributed by atoms with Crippen molar-refractivity contribution in [1.82, 2.24) is 0 Å². The second-order valence-corrected chi connectivity index (χ2v) is 4.16. The van der Waals surface area contributed by atoms with Crippen molar-refractivity contribution in [3.63, 3.8) is 0 Å². The Morgan fingerprint density at radius 3 is 2.14 bits per heavy atom. The van der Waals surface area contributed by atoms with E-state index in [2.05, 4.69) is 4.74 Å². The normalized spacial score (nSPS) is 11.4. The predicted octanol–water partition coefficient (Wildman–Crippen LogP) is 4.64. The first-order valence-electron chi connectivity index (χ1n) is 5.72. The first-order valence-corrected chi connectivity index (χ1v) is 5.72. The van der Waals surface area contributed by atoms with Gasteiger partial charge in [-0.2, -0.15) is 4.39 Å². The summed E-state index contributed by atoms with van der Waals surface area (Å²) in [6.07, 6.45) is -5.06. The molecule has 0 aromatic heterocycles. The molecule has 22 heavy (non-hydrogen) atoms. The Labute approximate surface area is 119 Å². The number of carbonyl (C=O) groups excluding carboxylic acids is 1. The van der Waals surface area contributed by atoms with Gasteiger partial charge in [-0.3, -0.25) is 4.79 Å². The number of carbonyl (C=O) groups is 1. The highest BCUT2D eigenvalue weighted by molar-refractivity contribution is 5.89. The molecule has 8 heteroatoms. The van der Waals surface area contributed by atoms with Crippen LogP contribution >= 0.6 is 0 Å². The largest absolute Gasteiger partial charge is 0.573 e. The van der Waals surface area contributed by atoms with Crippen LogP contribution in [0.15, 0.2) is 36.4 Å². The number of alkyl halides is 3. The summed E-state index contributed by atoms with van der Waals surface area (Å²) in [4.78, 5) is 10.5. The number of ether oxygens (including phenoxy) is 1. The van der Waals surface area contributed by atoms with Crippen molar-refractivity contribution in [2.45, 2.75) is 6.36 Å². The SMILES string of the molecule is O=C(F)c1ccc(-c2ccc(OC(F)(F)F)c(F)c2)c(F)c1. The van der Waals surface area contributed by atoms with Crippen molar-refractivity contribution in [2.75, 3.05) is 0 Å². The lowest BCUT2D eigenvalue weighted by molar-refractivity contribution is -0.275. The number of halogens is 6. The maximum absolute atomic E-state index is 13.7. The van der Waals surface area contributed by atoms with Crippen molar-refractivity contribution in [2.24, 2.45) is 0 Å². The van der Waals surface area contributed by atoms with Crippen LogP contribution in [0.3, 0.4) is 0 Å². The average Bonchev–Trinajstić information content (AvgIpc) is 2.39. The zero-order valence-corrected chi connectivity index (χ0v) is 10.5. The first kappa shape index (κ1) is 15.9. The fourth-order valence-corrected chi connectivity index (χ4v) is 1.75. The minimum Gasteiger partial charge on any atom is -0.403 e. The van der Waals surface area contributed by atoms with E-state index in [1.807, 2.05) is 0 Å². The zero-order valence-electron chi connectivity index (χ0n) is 10.5. The van der Waals surface area contributed by atoms with Gasteiger partial charge >= 0.3 is 12.4 Å². The van der Waals surface area contributed by atoms with Gasteiger partial charge in [0.05, 0.1) is 5.56 Å². The van der Waals surface area contributed by atoms with Gasteiger partial charge in [-0.15, -0.1) is 13.2 Å². The van der Waals surface area contributed by atoms with Crippen molar-refractivity contribution < 1.29 is 35.9 Å². The van der Waals surface area contributed by atoms with E-state index in [4.69, 9.17) is 0 Å². The molecule has 2 aromatic carbocycles. The lowest BCUT2D eigenvalue weighted by atomic mass is 10.0. The van der Waals surface area contributed by atoms with Crippen LogP contribution in [-0.4, -0.2) is 12.4 Å². The van der Waals surface area contributed by atoms with E-state index < -0.39 is 35.3 Å². The summed E-state index contributed by atoms with van der Waals surface area (Å²) in [5.74, 6) is -3.43. The van der Waals surface area contributed by atoms with Gasteiger partial charge in [-0.05, 0) is 29.8 Å². The Bertz CT molecular complexity index is 724. The molecule has 116 valence electrons. The van der Waals surface area contributed by atoms with E-state index in [1.54, 1.807) is 0 Å². The van der Waals surface area contributed by atoms with Gasteiger partial charge in [-0.25, -0.2) is 8.78 Å². The Balaban J connectivity index is 2.38. The fourth-order valence-electron chi connectivity index (χ4n) is 1.75. The predicted molar refractivity (Wildman–Crippen MR) is 63.9 cm³/mol. The van der Waals surface area contributed by atoms with Crippen LogP contribution in [0.25, 0.3) is 11.1 Å². The van der Waals surface area contributed by atoms with Crippen LogP contribution < -0.4 is 4.74 Å². The van der Waals surface area contributed by atoms with Crippen LogP contribution in [0.1, 0.15) is 10.4 Å². The minimum atomic E-state index is -5.06. The molecule has 2 rings (SSSR count). The highest BCUT2D eigenvalue weighted by atomic mass is 19.4. The Hall–Kier alpha value is -2.51. The zero-order chi connectivity index (χ0) is 16.5. The van der Waals surface area contributed by atoms with E-state index >= 15 is 0 Å². The fraction of sp³-hybridized carbons (Fsp3) is 0.0714. The lowest BCUT2D eigenvalue weighted by Crippen LogP contribution is -2.17. The molecule has 0 saturated carbocycles. The Kier molecular flexibility index (Phi) is 4.11. The van der Waals surface area contributed by atoms with Gasteiger partial charge in [-0.1, -0.05) is 12.1 Å². The van der Waals surface area contributed by atoms with Crippen molar-refractivity contribution in [3.05, 3.63) is 53.6 Å². The Morgan fingerprint density at radius 2 is 1.64 bits per heavy atom. The van der Waals surface area contributed by atoms with Gasteiger partial charge in [0.2, 0.25) is 0 Å². The summed E-state index contributed by atoms with van der Waals surface area (Å²) in [5.41, 5.74) is -0.830. The number of hydrogen-bond donors (Lipinski definition) is 0. The molecule has 0 fully saturated rings. The van der Waals surface area contributed by atoms with Crippen LogP contribution in [0.4, 0.5) is 26.3 Å². The van der Waals surface area contributed by atoms with Crippen LogP contribution in [0, 0.1) is 11.6 Å². The molecule has 0 radical (unpaired) electrons. The molecular formula is C14H6F6O2. The average molecular weight is 320 g/mol. The van der Waals surface area contributed by atoms with Gasteiger partial charge < -0.3 is 4.74 Å². The molecule has 0 atom stereocenters. The second-order valence-electron chi connectivity index (χ2n) is 4.16. The van der Waals surface area contributed by atoms with E-state index in [9.17, 15) is 31.1 Å². The van der Waals surface area contributed by atoms with E-state index in [0.717, 1.165) is 18.2 Å². The Morgan fingerprint density at radius 1 is 0.955 bits per heavy atom. The molecule has 0 bridgehead atoms. The molecule has 2 nitrogen and oxygen atoms in total. The summed E-state index contributed by atoms with van der Waals surface area (Å²) in [7, 11) is 0. The number of benzene rings is 2. The third kappa shape index (κ3) is 3.57. The quantitative estimate of drug-likeness (QED) is 0.608. The lowest BCUT2D eigenvalue weighted by Gasteiger charge is -2.11. The van der Waals surface area contributed by atoms with Crippen LogP contribution in [0.2, 0.25) is 0 Å². The third-order valence-electron chi connectivity index (χ3n) is 2.66. The van der Waals surface area contributed by atoms with Crippen molar-refractivity contribution in [1.29, 1.82) is 0 Å². The summed E-state index contributed by atoms with van der Waals surface area (Å²) in [5, 5.41) is 0. The molecule has 0 saturated heterocycles. The smallest absolute Gasteiger partial charge is 0.403 e. The maximum atomic E-state index is 13.7. The molecule has 0 aliphatic rings. The summed E-state index contributed by atoms with van der Waals surface area (Å²) in [6, 6.07) is 3.07. The minimum absolute atomic E-state index is 0.0950. The van der Waals surface area contributed by atoms with Gasteiger partial charge in [0, 0.05) is 5.56 Å². The van der Waals surface area contributed by atoms with Crippen LogP contribution in [-0.2, 0) is 0 Å². The number of hydrogen-bond acceptors (Lipinski definition) is 2. The molecule has 0 spiro atoms. The van der Waals surface area contributed by atoms with Gasteiger partial charge in [0.25, 0.3) is 0 Å².